The van der Waals surface area contributed by atoms with E-state index in [1.807, 2.05) is 36.4 Å². The predicted octanol–water partition coefficient (Wildman–Crippen LogP) is 3.11. The van der Waals surface area contributed by atoms with Crippen LogP contribution in [0.5, 0.6) is 0 Å². The van der Waals surface area contributed by atoms with Crippen molar-refractivity contribution in [1.29, 1.82) is 0 Å². The molecule has 0 fully saturated rings. The van der Waals surface area contributed by atoms with Crippen LogP contribution in [0.2, 0.25) is 0 Å². The number of benzene rings is 3. The van der Waals surface area contributed by atoms with Gasteiger partial charge in [-0.15, -0.1) is 0 Å². The number of nitrogens with one attached hydrogen (secondary N) is 4. The molecule has 2 aliphatic rings. The lowest BCUT2D eigenvalue weighted by molar-refractivity contribution is -0.124. The summed E-state index contributed by atoms with van der Waals surface area (Å²) in [5.74, 6) is 0.0144. The molecule has 0 aromatic heterocycles. The van der Waals surface area contributed by atoms with E-state index < -0.39 is 0 Å². The van der Waals surface area contributed by atoms with Crippen LogP contribution in [0.4, 0.5) is 0 Å². The summed E-state index contributed by atoms with van der Waals surface area (Å²) in [7, 11) is 0. The highest BCUT2D eigenvalue weighted by Gasteiger charge is 2.20. The molecule has 0 spiro atoms. The van der Waals surface area contributed by atoms with Gasteiger partial charge in [0, 0.05) is 26.2 Å². The van der Waals surface area contributed by atoms with E-state index in [4.69, 9.17) is 0 Å². The minimum atomic E-state index is -0.314. The van der Waals surface area contributed by atoms with Crippen molar-refractivity contribution in [1.82, 2.24) is 21.3 Å². The first-order valence-electron chi connectivity index (χ1n) is 12.9. The minimum Gasteiger partial charge on any atom is -0.355 e. The van der Waals surface area contributed by atoms with Crippen LogP contribution in [0.25, 0.3) is 0 Å². The van der Waals surface area contributed by atoms with E-state index in [1.165, 1.54) is 0 Å². The van der Waals surface area contributed by atoms with Gasteiger partial charge in [-0.05, 0) is 47.9 Å². The van der Waals surface area contributed by atoms with Gasteiger partial charge in [-0.2, -0.15) is 0 Å². The van der Waals surface area contributed by atoms with Gasteiger partial charge in [0.1, 0.15) is 0 Å². The molecule has 2 amide bonds. The maximum Gasteiger partial charge on any atom is 0.237 e. The van der Waals surface area contributed by atoms with Gasteiger partial charge in [0.25, 0.3) is 0 Å². The molecule has 0 aliphatic carbocycles. The summed E-state index contributed by atoms with van der Waals surface area (Å²) < 4.78 is 0. The van der Waals surface area contributed by atoms with Gasteiger partial charge in [0.15, 0.2) is 0 Å². The van der Waals surface area contributed by atoms with E-state index in [0.29, 0.717) is 39.0 Å². The van der Waals surface area contributed by atoms with Crippen LogP contribution in [0.3, 0.4) is 0 Å². The van der Waals surface area contributed by atoms with Gasteiger partial charge in [-0.3, -0.25) is 9.59 Å². The molecular weight excluding hydrogens is 448 g/mol. The molecule has 6 heteroatoms. The molecule has 3 aromatic carbocycles. The maximum absolute atomic E-state index is 13.0. The van der Waals surface area contributed by atoms with Crippen molar-refractivity contribution in [2.24, 2.45) is 0 Å². The maximum atomic E-state index is 13.0. The fourth-order valence-electron chi connectivity index (χ4n) is 4.39. The minimum absolute atomic E-state index is 0.00718. The monoisotopic (exact) mass is 484 g/mol. The number of hydrogen-bond donors (Lipinski definition) is 4. The van der Waals surface area contributed by atoms with Gasteiger partial charge in [-0.1, -0.05) is 84.9 Å². The highest BCUT2D eigenvalue weighted by Crippen LogP contribution is 2.10. The highest BCUT2D eigenvalue weighted by molar-refractivity contribution is 5.82. The lowest BCUT2D eigenvalue weighted by Crippen LogP contribution is -2.46. The number of carbonyl (C=O) groups excluding carboxylic acids is 2. The Hall–Kier alpha value is -3.48. The zero-order valence-corrected chi connectivity index (χ0v) is 20.7. The van der Waals surface area contributed by atoms with Gasteiger partial charge in [0.2, 0.25) is 11.8 Å². The Labute approximate surface area is 213 Å². The van der Waals surface area contributed by atoms with Crippen LogP contribution in [-0.4, -0.2) is 37.0 Å². The van der Waals surface area contributed by atoms with Crippen molar-refractivity contribution >= 4 is 11.8 Å². The molecule has 2 heterocycles. The smallest absolute Gasteiger partial charge is 0.237 e. The quantitative estimate of drug-likeness (QED) is 0.459. The summed E-state index contributed by atoms with van der Waals surface area (Å²) in [6, 6.07) is 27.9. The third-order valence-electron chi connectivity index (χ3n) is 6.53. The van der Waals surface area contributed by atoms with Crippen molar-refractivity contribution in [3.05, 3.63) is 107 Å². The molecular formula is C30H36N4O2. The molecule has 0 radical (unpaired) electrons. The molecule has 36 heavy (non-hydrogen) atoms. The Kier molecular flexibility index (Phi) is 9.65. The van der Waals surface area contributed by atoms with Gasteiger partial charge >= 0.3 is 0 Å². The van der Waals surface area contributed by atoms with E-state index >= 15 is 0 Å². The Balaban J connectivity index is 1.45. The van der Waals surface area contributed by atoms with Crippen LogP contribution in [0, 0.1) is 0 Å². The largest absolute Gasteiger partial charge is 0.355 e. The van der Waals surface area contributed by atoms with Crippen molar-refractivity contribution < 1.29 is 9.59 Å². The van der Waals surface area contributed by atoms with E-state index in [2.05, 4.69) is 69.8 Å². The van der Waals surface area contributed by atoms with Gasteiger partial charge < -0.3 is 21.3 Å². The molecule has 2 atom stereocenters. The highest BCUT2D eigenvalue weighted by atomic mass is 16.2. The zero-order chi connectivity index (χ0) is 25.0. The van der Waals surface area contributed by atoms with Crippen molar-refractivity contribution in [3.8, 4) is 0 Å². The first-order chi connectivity index (χ1) is 17.7. The fraction of sp³-hybridized carbons (Fsp3) is 0.333. The Bertz CT molecular complexity index is 998. The molecule has 3 aromatic rings. The first kappa shape index (κ1) is 25.6. The molecule has 2 bridgehead atoms. The number of hydrogen-bond acceptors (Lipinski definition) is 4. The zero-order valence-electron chi connectivity index (χ0n) is 20.7. The second-order valence-corrected chi connectivity index (χ2v) is 9.35. The summed E-state index contributed by atoms with van der Waals surface area (Å²) in [6.07, 6.45) is 2.88. The Morgan fingerprint density at radius 2 is 0.944 bits per heavy atom. The van der Waals surface area contributed by atoms with Gasteiger partial charge in [-0.25, -0.2) is 0 Å². The van der Waals surface area contributed by atoms with E-state index in [0.717, 1.165) is 35.1 Å². The number of amides is 2. The molecule has 5 rings (SSSR count). The fourth-order valence-corrected chi connectivity index (χ4v) is 4.39. The van der Waals surface area contributed by atoms with Crippen LogP contribution < -0.4 is 21.3 Å². The average Bonchev–Trinajstić information content (AvgIpc) is 2.92. The molecule has 0 unspecified atom stereocenters. The summed E-state index contributed by atoms with van der Waals surface area (Å²) in [6.45, 7) is 2.39. The summed E-state index contributed by atoms with van der Waals surface area (Å²) in [5.41, 5.74) is 4.48. The Morgan fingerprint density at radius 3 is 1.33 bits per heavy atom. The molecule has 6 nitrogen and oxygen atoms in total. The van der Waals surface area contributed by atoms with E-state index in [1.54, 1.807) is 0 Å². The molecule has 188 valence electrons. The summed E-state index contributed by atoms with van der Waals surface area (Å²) >= 11 is 0. The van der Waals surface area contributed by atoms with Crippen LogP contribution in [-0.2, 0) is 35.5 Å². The first-order valence-corrected chi connectivity index (χ1v) is 12.9. The number of fused-ring (bicyclic) bond motifs is 15. The van der Waals surface area contributed by atoms with Crippen molar-refractivity contribution in [2.75, 3.05) is 13.1 Å². The van der Waals surface area contributed by atoms with Gasteiger partial charge in [0.05, 0.1) is 12.1 Å². The molecule has 2 aliphatic heterocycles. The standard InChI is InChI=1S/C30H36N4O2/c35-29-27(19-23-9-3-1-4-10-23)33-21-25-13-15-26(16-14-25)22-34-28(20-24-11-5-2-6-12-24)30(36)32-18-8-7-17-31-29/h1-6,9-16,27-28,33-34H,7-8,17-22H2,(H,31,35)(H,32,36)/t27-,28-/m0/s1. The third-order valence-corrected chi connectivity index (χ3v) is 6.53. The molecule has 0 saturated carbocycles. The average molecular weight is 485 g/mol. The second kappa shape index (κ2) is 13.6. The predicted molar refractivity (Wildman–Crippen MR) is 143 cm³/mol. The SMILES string of the molecule is O=C1NCCCCNC(=O)[C@H](Cc2ccccc2)NCc2ccc(cc2)CN[C@H]1Cc1ccccc1. The lowest BCUT2D eigenvalue weighted by atomic mass is 10.0. The normalized spacial score (nSPS) is 20.1. The lowest BCUT2D eigenvalue weighted by Gasteiger charge is -2.21. The third kappa shape index (κ3) is 8.04. The summed E-state index contributed by atoms with van der Waals surface area (Å²) in [5, 5.41) is 13.1. The van der Waals surface area contributed by atoms with Crippen LogP contribution in [0.1, 0.15) is 35.1 Å². The molecule has 0 saturated heterocycles. The number of carbonyl (C=O) groups is 2. The number of rotatable bonds is 4. The van der Waals surface area contributed by atoms with E-state index in [9.17, 15) is 9.59 Å². The topological polar surface area (TPSA) is 82.3 Å². The second-order valence-electron chi connectivity index (χ2n) is 9.35. The Morgan fingerprint density at radius 1 is 0.556 bits per heavy atom. The summed E-state index contributed by atoms with van der Waals surface area (Å²) in [4.78, 5) is 26.0. The van der Waals surface area contributed by atoms with Crippen LogP contribution >= 0.6 is 0 Å². The van der Waals surface area contributed by atoms with Crippen molar-refractivity contribution in [3.63, 3.8) is 0 Å². The molecule has 4 N–H and O–H groups in total. The van der Waals surface area contributed by atoms with Crippen LogP contribution in [0.15, 0.2) is 84.9 Å². The van der Waals surface area contributed by atoms with Crippen molar-refractivity contribution in [2.45, 2.75) is 50.9 Å². The van der Waals surface area contributed by atoms with E-state index in [-0.39, 0.29) is 23.9 Å².